The molecule has 0 aliphatic carbocycles. The molecule has 1 heterocycles. The fraction of sp³-hybridized carbons (Fsp3) is 0.333. The minimum Gasteiger partial charge on any atom is -0.497 e. The number of methoxy groups -OCH3 is 1. The molecule has 1 unspecified atom stereocenters. The van der Waals surface area contributed by atoms with Crippen LogP contribution in [0.4, 0.5) is 0 Å². The van der Waals surface area contributed by atoms with Crippen LogP contribution >= 0.6 is 11.3 Å². The number of nitrogens with one attached hydrogen (secondary N) is 1. The van der Waals surface area contributed by atoms with Gasteiger partial charge in [-0.25, -0.2) is 0 Å². The molecule has 0 amide bonds. The summed E-state index contributed by atoms with van der Waals surface area (Å²) in [6.07, 6.45) is 0. The van der Waals surface area contributed by atoms with E-state index in [2.05, 4.69) is 43.4 Å². The van der Waals surface area contributed by atoms with Crippen LogP contribution in [0.1, 0.15) is 28.3 Å². The molecule has 3 heteroatoms. The Morgan fingerprint density at radius 1 is 1.17 bits per heavy atom. The van der Waals surface area contributed by atoms with Gasteiger partial charge in [0.1, 0.15) is 5.75 Å². The number of aryl methyl sites for hydroxylation is 1. The quantitative estimate of drug-likeness (QED) is 0.881. The lowest BCUT2D eigenvalue weighted by Gasteiger charge is -2.14. The molecule has 2 nitrogen and oxygen atoms in total. The summed E-state index contributed by atoms with van der Waals surface area (Å²) in [5.74, 6) is 0.903. The van der Waals surface area contributed by atoms with Crippen LogP contribution in [0.3, 0.4) is 0 Å². The van der Waals surface area contributed by atoms with Gasteiger partial charge in [-0.1, -0.05) is 12.1 Å². The maximum absolute atomic E-state index is 5.16. The second-order valence-electron chi connectivity index (χ2n) is 4.39. The molecule has 0 aliphatic heterocycles. The van der Waals surface area contributed by atoms with Crippen LogP contribution in [0.25, 0.3) is 0 Å². The molecule has 1 aromatic carbocycles. The van der Waals surface area contributed by atoms with Crippen molar-refractivity contribution in [1.29, 1.82) is 0 Å². The molecule has 1 atom stereocenters. The van der Waals surface area contributed by atoms with Crippen molar-refractivity contribution in [3.63, 3.8) is 0 Å². The van der Waals surface area contributed by atoms with Gasteiger partial charge in [-0.2, -0.15) is 0 Å². The third-order valence-corrected chi connectivity index (χ3v) is 3.99. The van der Waals surface area contributed by atoms with Crippen molar-refractivity contribution in [3.05, 3.63) is 51.7 Å². The summed E-state index contributed by atoms with van der Waals surface area (Å²) in [5.41, 5.74) is 1.28. The van der Waals surface area contributed by atoms with Crippen LogP contribution in [0, 0.1) is 6.92 Å². The van der Waals surface area contributed by atoms with Gasteiger partial charge in [0.05, 0.1) is 7.11 Å². The van der Waals surface area contributed by atoms with E-state index in [1.165, 1.54) is 15.3 Å². The van der Waals surface area contributed by atoms with E-state index in [1.54, 1.807) is 7.11 Å². The van der Waals surface area contributed by atoms with E-state index in [4.69, 9.17) is 4.74 Å². The first-order valence-corrected chi connectivity index (χ1v) is 6.93. The van der Waals surface area contributed by atoms with Crippen molar-refractivity contribution in [2.75, 3.05) is 7.11 Å². The molecule has 0 radical (unpaired) electrons. The molecule has 0 saturated carbocycles. The Bertz CT molecular complexity index is 489. The van der Waals surface area contributed by atoms with Crippen molar-refractivity contribution in [2.24, 2.45) is 0 Å². The number of hydrogen-bond acceptors (Lipinski definition) is 3. The van der Waals surface area contributed by atoms with Crippen molar-refractivity contribution in [3.8, 4) is 5.75 Å². The van der Waals surface area contributed by atoms with E-state index >= 15 is 0 Å². The molecule has 1 N–H and O–H groups in total. The highest BCUT2D eigenvalue weighted by Crippen LogP contribution is 2.19. The Balaban J connectivity index is 1.92. The number of ether oxygens (including phenoxy) is 1. The molecule has 0 fully saturated rings. The van der Waals surface area contributed by atoms with Gasteiger partial charge < -0.3 is 10.1 Å². The van der Waals surface area contributed by atoms with E-state index in [0.717, 1.165) is 12.3 Å². The molecule has 2 rings (SSSR count). The second kappa shape index (κ2) is 6.03. The van der Waals surface area contributed by atoms with Crippen LogP contribution < -0.4 is 10.1 Å². The fourth-order valence-corrected chi connectivity index (χ4v) is 2.69. The van der Waals surface area contributed by atoms with Gasteiger partial charge in [-0.15, -0.1) is 11.3 Å². The third-order valence-electron chi connectivity index (χ3n) is 2.99. The highest BCUT2D eigenvalue weighted by Gasteiger charge is 2.05. The second-order valence-corrected chi connectivity index (χ2v) is 5.76. The van der Waals surface area contributed by atoms with Gasteiger partial charge in [0.15, 0.2) is 0 Å². The summed E-state index contributed by atoms with van der Waals surface area (Å²) in [6.45, 7) is 5.25. The van der Waals surface area contributed by atoms with E-state index in [0.29, 0.717) is 6.04 Å². The Hall–Kier alpha value is -1.32. The highest BCUT2D eigenvalue weighted by molar-refractivity contribution is 7.11. The molecule has 96 valence electrons. The monoisotopic (exact) mass is 261 g/mol. The zero-order chi connectivity index (χ0) is 13.0. The van der Waals surface area contributed by atoms with Crippen molar-refractivity contribution in [2.45, 2.75) is 26.4 Å². The zero-order valence-electron chi connectivity index (χ0n) is 11.1. The topological polar surface area (TPSA) is 21.3 Å². The number of rotatable bonds is 5. The molecular weight excluding hydrogens is 242 g/mol. The van der Waals surface area contributed by atoms with Gasteiger partial charge in [-0.05, 0) is 43.7 Å². The first-order chi connectivity index (χ1) is 8.69. The van der Waals surface area contributed by atoms with Gasteiger partial charge >= 0.3 is 0 Å². The normalized spacial score (nSPS) is 12.4. The minimum absolute atomic E-state index is 0.346. The summed E-state index contributed by atoms with van der Waals surface area (Å²) in [5, 5.41) is 3.54. The van der Waals surface area contributed by atoms with E-state index < -0.39 is 0 Å². The van der Waals surface area contributed by atoms with Crippen molar-refractivity contribution < 1.29 is 4.74 Å². The molecule has 1 aromatic heterocycles. The molecule has 0 aliphatic rings. The average Bonchev–Trinajstić information content (AvgIpc) is 2.82. The van der Waals surface area contributed by atoms with Crippen LogP contribution in [0.5, 0.6) is 5.75 Å². The molecule has 18 heavy (non-hydrogen) atoms. The lowest BCUT2D eigenvalue weighted by atomic mass is 10.1. The van der Waals surface area contributed by atoms with Crippen molar-refractivity contribution in [1.82, 2.24) is 5.32 Å². The van der Waals surface area contributed by atoms with Crippen LogP contribution in [0.2, 0.25) is 0 Å². The summed E-state index contributed by atoms with van der Waals surface area (Å²) in [6, 6.07) is 12.9. The molecule has 2 aromatic rings. The predicted molar refractivity (Wildman–Crippen MR) is 77.3 cm³/mol. The van der Waals surface area contributed by atoms with Gasteiger partial charge in [0, 0.05) is 22.3 Å². The minimum atomic E-state index is 0.346. The third kappa shape index (κ3) is 3.34. The lowest BCUT2D eigenvalue weighted by Crippen LogP contribution is -2.17. The van der Waals surface area contributed by atoms with Crippen LogP contribution in [0.15, 0.2) is 36.4 Å². The Kier molecular flexibility index (Phi) is 4.39. The predicted octanol–water partition coefficient (Wildman–Crippen LogP) is 3.92. The molecule has 0 spiro atoms. The summed E-state index contributed by atoms with van der Waals surface area (Å²) in [7, 11) is 1.69. The summed E-state index contributed by atoms with van der Waals surface area (Å²) >= 11 is 1.85. The average molecular weight is 261 g/mol. The van der Waals surface area contributed by atoms with Gasteiger partial charge in [0.2, 0.25) is 0 Å². The molecular formula is C15H19NOS. The van der Waals surface area contributed by atoms with E-state index in [-0.39, 0.29) is 0 Å². The fourth-order valence-electron chi connectivity index (χ4n) is 1.84. The van der Waals surface area contributed by atoms with Gasteiger partial charge in [0.25, 0.3) is 0 Å². The van der Waals surface area contributed by atoms with E-state index in [1.807, 2.05) is 23.5 Å². The largest absolute Gasteiger partial charge is 0.497 e. The standard InChI is InChI=1S/C15H19NOS/c1-11-4-9-15(18-11)10-16-12(2)13-5-7-14(17-3)8-6-13/h4-9,12,16H,10H2,1-3H3. The smallest absolute Gasteiger partial charge is 0.118 e. The highest BCUT2D eigenvalue weighted by atomic mass is 32.1. The Labute approximate surface area is 113 Å². The molecule has 0 bridgehead atoms. The molecule has 0 saturated heterocycles. The first-order valence-electron chi connectivity index (χ1n) is 6.11. The zero-order valence-corrected chi connectivity index (χ0v) is 11.9. The Morgan fingerprint density at radius 2 is 1.89 bits per heavy atom. The van der Waals surface area contributed by atoms with Crippen LogP contribution in [-0.4, -0.2) is 7.11 Å². The maximum Gasteiger partial charge on any atom is 0.118 e. The summed E-state index contributed by atoms with van der Waals surface area (Å²) in [4.78, 5) is 2.75. The number of benzene rings is 1. The van der Waals surface area contributed by atoms with Gasteiger partial charge in [-0.3, -0.25) is 0 Å². The Morgan fingerprint density at radius 3 is 2.44 bits per heavy atom. The lowest BCUT2D eigenvalue weighted by molar-refractivity contribution is 0.414. The van der Waals surface area contributed by atoms with Crippen LogP contribution in [-0.2, 0) is 6.54 Å². The maximum atomic E-state index is 5.16. The first kappa shape index (κ1) is 13.1. The van der Waals surface area contributed by atoms with Crippen molar-refractivity contribution >= 4 is 11.3 Å². The SMILES string of the molecule is COc1ccc(C(C)NCc2ccc(C)s2)cc1. The van der Waals surface area contributed by atoms with E-state index in [9.17, 15) is 0 Å². The summed E-state index contributed by atoms with van der Waals surface area (Å²) < 4.78 is 5.16. The number of thiophene rings is 1. The number of hydrogen-bond donors (Lipinski definition) is 1.